The summed E-state index contributed by atoms with van der Waals surface area (Å²) in [5.74, 6) is -0.526. The number of carbonyl (C=O) groups is 1. The molecule has 0 radical (unpaired) electrons. The molecule has 2 aromatic carbocycles. The lowest BCUT2D eigenvalue weighted by Crippen LogP contribution is -2.04. The third-order valence-corrected chi connectivity index (χ3v) is 4.76. The number of hydrogen-bond donors (Lipinski definition) is 1. The van der Waals surface area contributed by atoms with Gasteiger partial charge in [-0.1, -0.05) is 38.5 Å². The van der Waals surface area contributed by atoms with Gasteiger partial charge in [-0.3, -0.25) is 9.48 Å². The first kappa shape index (κ1) is 21.6. The van der Waals surface area contributed by atoms with Crippen molar-refractivity contribution in [1.82, 2.24) is 9.78 Å². The fraction of sp³-hybridized carbons (Fsp3) is 0.333. The number of unbranched alkanes of at least 4 members (excludes halogenated alkanes) is 1. The minimum Gasteiger partial charge on any atom is -0.493 e. The van der Waals surface area contributed by atoms with Crippen LogP contribution in [0.5, 0.6) is 5.75 Å². The van der Waals surface area contributed by atoms with Gasteiger partial charge in [0.05, 0.1) is 24.4 Å². The molecule has 6 heteroatoms. The number of aryl methyl sites for hydroxylation is 1. The molecule has 1 heterocycles. The normalized spacial score (nSPS) is 10.9. The van der Waals surface area contributed by atoms with Gasteiger partial charge in [-0.15, -0.1) is 0 Å². The molecule has 0 aliphatic rings. The number of halogens is 1. The molecule has 0 saturated carbocycles. The third kappa shape index (κ3) is 5.26. The number of nitrogens with zero attached hydrogens (tertiary/aromatic N) is 2. The van der Waals surface area contributed by atoms with Crippen molar-refractivity contribution >= 4 is 5.97 Å². The highest BCUT2D eigenvalue weighted by molar-refractivity contribution is 5.76. The van der Waals surface area contributed by atoms with E-state index in [9.17, 15) is 14.3 Å². The first-order valence-corrected chi connectivity index (χ1v) is 10.3. The predicted molar refractivity (Wildman–Crippen MR) is 115 cm³/mol. The topological polar surface area (TPSA) is 64.4 Å². The molecule has 0 aliphatic carbocycles. The molecular formula is C24H27FN2O3. The van der Waals surface area contributed by atoms with Crippen LogP contribution in [0.15, 0.2) is 48.5 Å². The Morgan fingerprint density at radius 3 is 2.67 bits per heavy atom. The van der Waals surface area contributed by atoms with Crippen LogP contribution in [0.25, 0.3) is 22.5 Å². The molecule has 0 unspecified atom stereocenters. The van der Waals surface area contributed by atoms with E-state index in [0.717, 1.165) is 36.1 Å². The standard InChI is InChI=1S/C24H27FN2O3/c1-3-5-11-27-22(18-7-6-8-19(25)15-18)16-21(26-27)20-13-17(14-24(28)29)9-10-23(20)30-12-4-2/h6-10,13,15-16H,3-5,11-12,14H2,1-2H3,(H,28,29). The highest BCUT2D eigenvalue weighted by atomic mass is 19.1. The summed E-state index contributed by atoms with van der Waals surface area (Å²) in [4.78, 5) is 11.2. The SMILES string of the molecule is CCCCn1nc(-c2cc(CC(=O)O)ccc2OCCC)cc1-c1cccc(F)c1. The number of hydrogen-bond acceptors (Lipinski definition) is 3. The predicted octanol–water partition coefficient (Wildman–Crippen LogP) is 5.57. The molecule has 3 aromatic rings. The Kier molecular flexibility index (Phi) is 7.22. The number of rotatable bonds is 10. The minimum absolute atomic E-state index is 0.0750. The zero-order chi connectivity index (χ0) is 21.5. The number of carboxylic acid groups (broad SMARTS) is 1. The van der Waals surface area contributed by atoms with Gasteiger partial charge in [0.25, 0.3) is 0 Å². The quantitative estimate of drug-likeness (QED) is 0.474. The van der Waals surface area contributed by atoms with Gasteiger partial charge in [-0.25, -0.2) is 4.39 Å². The summed E-state index contributed by atoms with van der Waals surface area (Å²) in [7, 11) is 0. The Balaban J connectivity index is 2.10. The molecule has 0 fully saturated rings. The fourth-order valence-electron chi connectivity index (χ4n) is 3.31. The second-order valence-electron chi connectivity index (χ2n) is 7.25. The molecule has 0 atom stereocenters. The van der Waals surface area contributed by atoms with E-state index >= 15 is 0 Å². The van der Waals surface area contributed by atoms with Crippen LogP contribution in [0.3, 0.4) is 0 Å². The molecule has 0 bridgehead atoms. The smallest absolute Gasteiger partial charge is 0.307 e. The van der Waals surface area contributed by atoms with Crippen molar-refractivity contribution in [3.63, 3.8) is 0 Å². The van der Waals surface area contributed by atoms with E-state index in [1.807, 2.05) is 29.8 Å². The number of benzene rings is 2. The Morgan fingerprint density at radius 1 is 1.13 bits per heavy atom. The van der Waals surface area contributed by atoms with Crippen LogP contribution in [0.4, 0.5) is 4.39 Å². The molecule has 0 amide bonds. The van der Waals surface area contributed by atoms with E-state index in [1.165, 1.54) is 12.1 Å². The van der Waals surface area contributed by atoms with Crippen LogP contribution in [0.1, 0.15) is 38.7 Å². The molecular weight excluding hydrogens is 383 g/mol. The monoisotopic (exact) mass is 410 g/mol. The second kappa shape index (κ2) is 10.1. The Morgan fingerprint density at radius 2 is 1.97 bits per heavy atom. The van der Waals surface area contributed by atoms with Gasteiger partial charge in [0.15, 0.2) is 0 Å². The van der Waals surface area contributed by atoms with Gasteiger partial charge in [-0.2, -0.15) is 5.10 Å². The summed E-state index contributed by atoms with van der Waals surface area (Å²) < 4.78 is 21.6. The van der Waals surface area contributed by atoms with Crippen LogP contribution in [-0.2, 0) is 17.8 Å². The van der Waals surface area contributed by atoms with Crippen LogP contribution in [0.2, 0.25) is 0 Å². The fourth-order valence-corrected chi connectivity index (χ4v) is 3.31. The maximum Gasteiger partial charge on any atom is 0.307 e. The number of aliphatic carboxylic acids is 1. The molecule has 5 nitrogen and oxygen atoms in total. The molecule has 30 heavy (non-hydrogen) atoms. The van der Waals surface area contributed by atoms with E-state index in [4.69, 9.17) is 9.84 Å². The van der Waals surface area contributed by atoms with Crippen LogP contribution >= 0.6 is 0 Å². The van der Waals surface area contributed by atoms with Gasteiger partial charge in [0.1, 0.15) is 11.6 Å². The van der Waals surface area contributed by atoms with Gasteiger partial charge < -0.3 is 9.84 Å². The number of ether oxygens (including phenoxy) is 1. The van der Waals surface area contributed by atoms with Crippen molar-refractivity contribution in [2.45, 2.75) is 46.1 Å². The Bertz CT molecular complexity index is 1010. The first-order chi connectivity index (χ1) is 14.5. The highest BCUT2D eigenvalue weighted by Crippen LogP contribution is 2.34. The maximum absolute atomic E-state index is 13.8. The summed E-state index contributed by atoms with van der Waals surface area (Å²) in [6.45, 7) is 5.40. The molecule has 1 aromatic heterocycles. The van der Waals surface area contributed by atoms with Crippen LogP contribution in [0, 0.1) is 5.82 Å². The molecule has 3 rings (SSSR count). The van der Waals surface area contributed by atoms with E-state index < -0.39 is 5.97 Å². The van der Waals surface area contributed by atoms with E-state index in [0.29, 0.717) is 30.2 Å². The van der Waals surface area contributed by atoms with Crippen LogP contribution < -0.4 is 4.74 Å². The van der Waals surface area contributed by atoms with Crippen molar-refractivity contribution in [3.8, 4) is 28.3 Å². The lowest BCUT2D eigenvalue weighted by Gasteiger charge is -2.11. The van der Waals surface area contributed by atoms with Crippen molar-refractivity contribution in [2.24, 2.45) is 0 Å². The average molecular weight is 410 g/mol. The van der Waals surface area contributed by atoms with E-state index in [2.05, 4.69) is 6.92 Å². The maximum atomic E-state index is 13.8. The zero-order valence-corrected chi connectivity index (χ0v) is 17.4. The van der Waals surface area contributed by atoms with Crippen molar-refractivity contribution in [2.75, 3.05) is 6.61 Å². The summed E-state index contributed by atoms with van der Waals surface area (Å²) in [5, 5.41) is 14.0. The molecule has 158 valence electrons. The van der Waals surface area contributed by atoms with Gasteiger partial charge in [0.2, 0.25) is 0 Å². The van der Waals surface area contributed by atoms with Crippen LogP contribution in [-0.4, -0.2) is 27.5 Å². The molecule has 0 saturated heterocycles. The van der Waals surface area contributed by atoms with Crippen molar-refractivity contribution in [3.05, 3.63) is 59.9 Å². The molecule has 0 aliphatic heterocycles. The summed E-state index contributed by atoms with van der Waals surface area (Å²) in [6.07, 6.45) is 2.74. The highest BCUT2D eigenvalue weighted by Gasteiger charge is 2.16. The Labute approximate surface area is 176 Å². The molecule has 0 spiro atoms. The summed E-state index contributed by atoms with van der Waals surface area (Å²) in [6, 6.07) is 13.8. The molecule has 1 N–H and O–H groups in total. The average Bonchev–Trinajstić information content (AvgIpc) is 3.15. The number of carboxylic acids is 1. The van der Waals surface area contributed by atoms with E-state index in [1.54, 1.807) is 18.2 Å². The second-order valence-corrected chi connectivity index (χ2v) is 7.25. The lowest BCUT2D eigenvalue weighted by atomic mass is 10.0. The zero-order valence-electron chi connectivity index (χ0n) is 17.4. The van der Waals surface area contributed by atoms with Gasteiger partial charge in [0, 0.05) is 17.7 Å². The van der Waals surface area contributed by atoms with Gasteiger partial charge in [-0.05, 0) is 48.7 Å². The largest absolute Gasteiger partial charge is 0.493 e. The first-order valence-electron chi connectivity index (χ1n) is 10.3. The minimum atomic E-state index is -0.892. The summed E-state index contributed by atoms with van der Waals surface area (Å²) in [5.41, 5.74) is 3.68. The van der Waals surface area contributed by atoms with Gasteiger partial charge >= 0.3 is 5.97 Å². The summed E-state index contributed by atoms with van der Waals surface area (Å²) >= 11 is 0. The lowest BCUT2D eigenvalue weighted by molar-refractivity contribution is -0.136. The number of aromatic nitrogens is 2. The van der Waals surface area contributed by atoms with Crippen molar-refractivity contribution < 1.29 is 19.0 Å². The third-order valence-electron chi connectivity index (χ3n) is 4.76. The van der Waals surface area contributed by atoms with E-state index in [-0.39, 0.29) is 12.2 Å². The van der Waals surface area contributed by atoms with Crippen molar-refractivity contribution in [1.29, 1.82) is 0 Å². The Hall–Kier alpha value is -3.15.